The zero-order valence-corrected chi connectivity index (χ0v) is 24.9. The molecule has 1 amide bonds. The maximum atomic E-state index is 14.5. The van der Waals surface area contributed by atoms with Gasteiger partial charge in [0.15, 0.2) is 0 Å². The number of piperidine rings is 1. The molecule has 2 aromatic heterocycles. The van der Waals surface area contributed by atoms with E-state index in [0.717, 1.165) is 73.9 Å². The second-order valence-corrected chi connectivity index (χ2v) is 13.0. The number of carbonyl (C=O) groups is 1. The van der Waals surface area contributed by atoms with Gasteiger partial charge in [0.25, 0.3) is 5.91 Å². The minimum Gasteiger partial charge on any atom is -0.349 e. The Balaban J connectivity index is 1.34. The van der Waals surface area contributed by atoms with E-state index in [2.05, 4.69) is 28.1 Å². The molecule has 0 unspecified atom stereocenters. The number of hydrogen-bond acceptors (Lipinski definition) is 4. The van der Waals surface area contributed by atoms with E-state index in [1.807, 2.05) is 41.6 Å². The summed E-state index contributed by atoms with van der Waals surface area (Å²) in [6, 6.07) is 9.16. The van der Waals surface area contributed by atoms with Gasteiger partial charge >= 0.3 is 6.18 Å². The fraction of sp³-hybridized carbons (Fsp3) is 0.485. The summed E-state index contributed by atoms with van der Waals surface area (Å²) < 4.78 is 47.5. The van der Waals surface area contributed by atoms with Gasteiger partial charge in [-0.05, 0) is 85.2 Å². The number of alkyl halides is 3. The number of anilines is 1. The van der Waals surface area contributed by atoms with Crippen LogP contribution < -0.4 is 4.90 Å². The quantitative estimate of drug-likeness (QED) is 0.264. The molecule has 1 saturated heterocycles. The van der Waals surface area contributed by atoms with Crippen LogP contribution in [0.25, 0.3) is 10.9 Å². The van der Waals surface area contributed by atoms with Crippen LogP contribution in [-0.2, 0) is 38.8 Å². The summed E-state index contributed by atoms with van der Waals surface area (Å²) >= 11 is 0. The predicted molar refractivity (Wildman–Crippen MR) is 159 cm³/mol. The summed E-state index contributed by atoms with van der Waals surface area (Å²) in [5, 5.41) is 9.62. The molecule has 0 N–H and O–H groups in total. The van der Waals surface area contributed by atoms with E-state index < -0.39 is 11.7 Å². The van der Waals surface area contributed by atoms with Crippen LogP contribution in [0.1, 0.15) is 83.9 Å². The number of aryl methyl sites for hydroxylation is 2. The first-order chi connectivity index (χ1) is 20.5. The number of aromatic nitrogens is 4. The molecule has 2 fully saturated rings. The lowest BCUT2D eigenvalue weighted by atomic mass is 9.77. The van der Waals surface area contributed by atoms with Gasteiger partial charge in [-0.25, -0.2) is 0 Å². The number of amides is 1. The number of nitrogens with zero attached hydrogens (tertiary/aromatic N) is 6. The number of fused-ring (bicyclic) bond motifs is 2. The number of likely N-dealkylation sites (tertiary alicyclic amines) is 1. The molecule has 226 valence electrons. The van der Waals surface area contributed by atoms with Crippen molar-refractivity contribution in [2.75, 3.05) is 18.0 Å². The lowest BCUT2D eigenvalue weighted by Gasteiger charge is -2.31. The molecule has 7 rings (SSSR count). The molecule has 3 aliphatic rings. The fourth-order valence-electron chi connectivity index (χ4n) is 7.93. The molecule has 2 aromatic carbocycles. The van der Waals surface area contributed by atoms with Crippen molar-refractivity contribution >= 4 is 22.5 Å². The van der Waals surface area contributed by atoms with E-state index in [1.54, 1.807) is 17.3 Å². The van der Waals surface area contributed by atoms with Gasteiger partial charge in [-0.15, -0.1) is 10.2 Å². The van der Waals surface area contributed by atoms with E-state index in [0.29, 0.717) is 23.7 Å². The fourth-order valence-corrected chi connectivity index (χ4v) is 7.93. The topological polar surface area (TPSA) is 59.2 Å². The van der Waals surface area contributed by atoms with Crippen molar-refractivity contribution in [3.8, 4) is 0 Å². The van der Waals surface area contributed by atoms with Gasteiger partial charge in [0.2, 0.25) is 0 Å². The van der Waals surface area contributed by atoms with E-state index in [1.165, 1.54) is 6.07 Å². The second-order valence-electron chi connectivity index (χ2n) is 13.0. The van der Waals surface area contributed by atoms with Crippen LogP contribution in [0, 0.1) is 5.92 Å². The Morgan fingerprint density at radius 2 is 1.84 bits per heavy atom. The van der Waals surface area contributed by atoms with Gasteiger partial charge in [-0.2, -0.15) is 13.2 Å². The third kappa shape index (κ3) is 4.65. The number of rotatable bonds is 5. The van der Waals surface area contributed by atoms with Gasteiger partial charge in [-0.1, -0.05) is 19.8 Å². The first-order valence-corrected chi connectivity index (χ1v) is 15.3. The monoisotopic (exact) mass is 590 g/mol. The molecule has 0 spiro atoms. The minimum atomic E-state index is -4.56. The molecule has 0 bridgehead atoms. The maximum absolute atomic E-state index is 14.5. The highest BCUT2D eigenvalue weighted by molar-refractivity contribution is 6.14. The lowest BCUT2D eigenvalue weighted by molar-refractivity contribution is -0.138. The molecule has 4 aromatic rings. The number of carbonyl (C=O) groups excluding carboxylic acids is 1. The van der Waals surface area contributed by atoms with Crippen molar-refractivity contribution in [2.45, 2.75) is 70.1 Å². The van der Waals surface area contributed by atoms with Crippen LogP contribution in [0.5, 0.6) is 0 Å². The average Bonchev–Trinajstić information content (AvgIpc) is 3.75. The largest absolute Gasteiger partial charge is 0.416 e. The molecule has 7 nitrogen and oxygen atoms in total. The zero-order chi connectivity index (χ0) is 30.1. The van der Waals surface area contributed by atoms with Crippen LogP contribution in [0.3, 0.4) is 0 Å². The second kappa shape index (κ2) is 10.2. The van der Waals surface area contributed by atoms with E-state index in [-0.39, 0.29) is 29.0 Å². The molecule has 43 heavy (non-hydrogen) atoms. The third-order valence-electron chi connectivity index (χ3n) is 9.94. The Bertz CT molecular complexity index is 1710. The first-order valence-electron chi connectivity index (χ1n) is 15.3. The highest BCUT2D eigenvalue weighted by Gasteiger charge is 2.44. The van der Waals surface area contributed by atoms with Crippen LogP contribution in [0.4, 0.5) is 18.9 Å². The zero-order valence-electron chi connectivity index (χ0n) is 24.9. The minimum absolute atomic E-state index is 0.0601. The Morgan fingerprint density at radius 1 is 1.05 bits per heavy atom. The van der Waals surface area contributed by atoms with Crippen molar-refractivity contribution in [3.63, 3.8) is 0 Å². The molecule has 0 radical (unpaired) electrons. The summed E-state index contributed by atoms with van der Waals surface area (Å²) in [4.78, 5) is 17.9. The van der Waals surface area contributed by atoms with E-state index >= 15 is 0 Å². The van der Waals surface area contributed by atoms with Gasteiger partial charge in [-0.3, -0.25) is 9.69 Å². The smallest absolute Gasteiger partial charge is 0.349 e. The van der Waals surface area contributed by atoms with Crippen LogP contribution in [0.2, 0.25) is 0 Å². The molecule has 1 aliphatic carbocycles. The normalized spacial score (nSPS) is 20.8. The standard InChI is InChI=1S/C33H37F3N6O/c1-21-7-6-11-41(17-21)18-22-13-25-26(27(14-22)33(34,35)36)19-42(30(25)43)28-16-24(15-23-8-12-39(2)29(23)28)32(9-4-5-10-32)31-38-37-20-40(31)3/h8,12-16,20-21H,4-7,9-11,17-19H2,1-3H3/t21-/m0/s1. The van der Waals surface area contributed by atoms with E-state index in [4.69, 9.17) is 0 Å². The molecule has 4 heterocycles. The summed E-state index contributed by atoms with van der Waals surface area (Å²) in [6.45, 7) is 4.17. The first kappa shape index (κ1) is 28.1. The molecule has 2 aliphatic heterocycles. The molecule has 1 atom stereocenters. The van der Waals surface area contributed by atoms with Crippen LogP contribution in [-0.4, -0.2) is 43.2 Å². The molecule has 10 heteroatoms. The van der Waals surface area contributed by atoms with Gasteiger partial charge in [0.1, 0.15) is 12.2 Å². The number of halogens is 3. The van der Waals surface area contributed by atoms with Gasteiger partial charge < -0.3 is 14.0 Å². The SMILES string of the molecule is C[C@H]1CCCN(Cc2cc3c(c(C(F)(F)F)c2)CN(c2cc(C4(c5nncn5C)CCCC4)cc4ccn(C)c24)C3=O)C1. The summed E-state index contributed by atoms with van der Waals surface area (Å²) in [6.07, 6.45) is 5.10. The van der Waals surface area contributed by atoms with Crippen molar-refractivity contribution in [1.82, 2.24) is 24.2 Å². The van der Waals surface area contributed by atoms with Crippen molar-refractivity contribution in [2.24, 2.45) is 20.0 Å². The Kier molecular flexibility index (Phi) is 6.68. The number of hydrogen-bond donors (Lipinski definition) is 0. The molecular formula is C33H37F3N6O. The molecule has 1 saturated carbocycles. The third-order valence-corrected chi connectivity index (χ3v) is 9.94. The van der Waals surface area contributed by atoms with E-state index in [9.17, 15) is 18.0 Å². The summed E-state index contributed by atoms with van der Waals surface area (Å²) in [5.74, 6) is 0.999. The van der Waals surface area contributed by atoms with Crippen molar-refractivity contribution in [1.29, 1.82) is 0 Å². The lowest BCUT2D eigenvalue weighted by Crippen LogP contribution is -2.33. The average molecular weight is 591 g/mol. The maximum Gasteiger partial charge on any atom is 0.416 e. The van der Waals surface area contributed by atoms with Crippen molar-refractivity contribution < 1.29 is 18.0 Å². The predicted octanol–water partition coefficient (Wildman–Crippen LogP) is 6.58. The van der Waals surface area contributed by atoms with Gasteiger partial charge in [0, 0.05) is 44.3 Å². The summed E-state index contributed by atoms with van der Waals surface area (Å²) in [7, 11) is 3.85. The highest BCUT2D eigenvalue weighted by atomic mass is 19.4. The van der Waals surface area contributed by atoms with Gasteiger partial charge in [0.05, 0.1) is 28.7 Å². The van der Waals surface area contributed by atoms with Crippen molar-refractivity contribution in [3.05, 3.63) is 76.5 Å². The van der Waals surface area contributed by atoms with Crippen LogP contribution in [0.15, 0.2) is 42.9 Å². The Labute approximate surface area is 249 Å². The molecular weight excluding hydrogens is 553 g/mol. The van der Waals surface area contributed by atoms with Crippen LogP contribution >= 0.6 is 0 Å². The highest BCUT2D eigenvalue weighted by Crippen LogP contribution is 2.49. The number of benzene rings is 2. The summed E-state index contributed by atoms with van der Waals surface area (Å²) in [5.41, 5.74) is 2.16. The Morgan fingerprint density at radius 3 is 2.53 bits per heavy atom. The Hall–Kier alpha value is -3.66.